The molecule has 164 valence electrons. The van der Waals surface area contributed by atoms with Crippen molar-refractivity contribution in [3.63, 3.8) is 0 Å². The zero-order valence-electron chi connectivity index (χ0n) is 16.1. The van der Waals surface area contributed by atoms with E-state index in [1.54, 1.807) is 4.90 Å². The molecule has 1 aromatic rings. The second-order valence-corrected chi connectivity index (χ2v) is 7.53. The normalized spacial score (nSPS) is 16.9. The Hall–Kier alpha value is -2.01. The molecule has 29 heavy (non-hydrogen) atoms. The van der Waals surface area contributed by atoms with Crippen molar-refractivity contribution in [2.45, 2.75) is 26.2 Å². The predicted molar refractivity (Wildman–Crippen MR) is 97.6 cm³/mol. The number of anilines is 1. The van der Waals surface area contributed by atoms with Crippen LogP contribution in [0.2, 0.25) is 0 Å². The highest BCUT2D eigenvalue weighted by molar-refractivity contribution is 5.94. The zero-order chi connectivity index (χ0) is 21.9. The Bertz CT molecular complexity index is 692. The summed E-state index contributed by atoms with van der Waals surface area (Å²) < 4.78 is 83.9. The molecule has 1 fully saturated rings. The van der Waals surface area contributed by atoms with Gasteiger partial charge in [0, 0.05) is 25.3 Å². The minimum absolute atomic E-state index is 0.0915. The minimum Gasteiger partial charge on any atom is -0.378 e. The zero-order valence-corrected chi connectivity index (χ0v) is 16.1. The number of rotatable bonds is 4. The maximum atomic E-state index is 13.1. The molecule has 2 rings (SSSR count). The van der Waals surface area contributed by atoms with E-state index >= 15 is 0 Å². The van der Waals surface area contributed by atoms with E-state index in [0.717, 1.165) is 0 Å². The molecule has 5 nitrogen and oxygen atoms in total. The lowest BCUT2D eigenvalue weighted by Crippen LogP contribution is -2.44. The van der Waals surface area contributed by atoms with Crippen molar-refractivity contribution in [3.8, 4) is 0 Å². The molecular formula is C18H24F6N4O. The van der Waals surface area contributed by atoms with Gasteiger partial charge in [-0.15, -0.1) is 0 Å². The summed E-state index contributed by atoms with van der Waals surface area (Å²) in [6.07, 6.45) is -9.84. The van der Waals surface area contributed by atoms with E-state index in [0.29, 0.717) is 45.0 Å². The van der Waals surface area contributed by atoms with Crippen LogP contribution >= 0.6 is 0 Å². The minimum atomic E-state index is -4.92. The molecular weight excluding hydrogens is 402 g/mol. The molecule has 0 spiro atoms. The number of ether oxygens (including phenoxy) is 1. The number of morpholine rings is 1. The Morgan fingerprint density at radius 1 is 1.03 bits per heavy atom. The van der Waals surface area contributed by atoms with Gasteiger partial charge in [0.05, 0.1) is 24.3 Å². The van der Waals surface area contributed by atoms with Crippen LogP contribution in [0.3, 0.4) is 0 Å². The summed E-state index contributed by atoms with van der Waals surface area (Å²) in [6.45, 7) is 5.83. The number of hydrogen-bond acceptors (Lipinski definition) is 3. The standard InChI is InChI=1S/C18H24F6N4O/c1-16(2,10-25)11-26-15(28-3-5-29-6-4-28)27-14-8-12(17(19,20)21)7-13(9-14)18(22,23)24/h7-9H,3-6,10-11,25H2,1-2H3,(H,26,27). The number of alkyl halides is 6. The molecule has 0 radical (unpaired) electrons. The van der Waals surface area contributed by atoms with Crippen LogP contribution in [0.5, 0.6) is 0 Å². The summed E-state index contributed by atoms with van der Waals surface area (Å²) >= 11 is 0. The van der Waals surface area contributed by atoms with E-state index < -0.39 is 23.5 Å². The molecule has 1 saturated heterocycles. The Morgan fingerprint density at radius 3 is 2.00 bits per heavy atom. The molecule has 1 aromatic carbocycles. The SMILES string of the molecule is CC(C)(CN)CN=C(Nc1cc(C(F)(F)F)cc(C(F)(F)F)c1)N1CCOCC1. The number of guanidine groups is 1. The van der Waals surface area contributed by atoms with Gasteiger partial charge in [-0.25, -0.2) is 0 Å². The van der Waals surface area contributed by atoms with Crippen molar-refractivity contribution in [1.29, 1.82) is 0 Å². The van der Waals surface area contributed by atoms with Gasteiger partial charge in [0.1, 0.15) is 0 Å². The van der Waals surface area contributed by atoms with Gasteiger partial charge in [0.2, 0.25) is 0 Å². The van der Waals surface area contributed by atoms with E-state index in [1.165, 1.54) is 0 Å². The van der Waals surface area contributed by atoms with Crippen molar-refractivity contribution in [2.75, 3.05) is 44.7 Å². The molecule has 3 N–H and O–H groups in total. The van der Waals surface area contributed by atoms with Gasteiger partial charge in [-0.1, -0.05) is 13.8 Å². The third kappa shape index (κ3) is 6.77. The molecule has 0 aromatic heterocycles. The number of halogens is 6. The first-order chi connectivity index (χ1) is 13.3. The van der Waals surface area contributed by atoms with Crippen molar-refractivity contribution in [2.24, 2.45) is 16.1 Å². The average molecular weight is 426 g/mol. The van der Waals surface area contributed by atoms with Crippen molar-refractivity contribution in [3.05, 3.63) is 29.3 Å². The summed E-state index contributed by atoms with van der Waals surface area (Å²) in [4.78, 5) is 6.13. The molecule has 0 amide bonds. The first kappa shape index (κ1) is 23.3. The Kier molecular flexibility index (Phi) is 7.05. The molecule has 1 aliphatic rings. The van der Waals surface area contributed by atoms with Crippen LogP contribution in [0.1, 0.15) is 25.0 Å². The van der Waals surface area contributed by atoms with Crippen LogP contribution in [0.25, 0.3) is 0 Å². The fraction of sp³-hybridized carbons (Fsp3) is 0.611. The van der Waals surface area contributed by atoms with Crippen LogP contribution in [0, 0.1) is 5.41 Å². The van der Waals surface area contributed by atoms with Gasteiger partial charge >= 0.3 is 12.4 Å². The fourth-order valence-corrected chi connectivity index (χ4v) is 2.50. The molecule has 0 bridgehead atoms. The average Bonchev–Trinajstić information content (AvgIpc) is 2.64. The highest BCUT2D eigenvalue weighted by Gasteiger charge is 2.37. The third-order valence-corrected chi connectivity index (χ3v) is 4.36. The Labute approximate surface area is 164 Å². The van der Waals surface area contributed by atoms with Crippen molar-refractivity contribution in [1.82, 2.24) is 4.90 Å². The van der Waals surface area contributed by atoms with E-state index in [9.17, 15) is 26.3 Å². The second kappa shape index (κ2) is 8.78. The summed E-state index contributed by atoms with van der Waals surface area (Å²) in [5.74, 6) is 0.183. The number of nitrogens with zero attached hydrogens (tertiary/aromatic N) is 2. The van der Waals surface area contributed by atoms with E-state index in [-0.39, 0.29) is 29.7 Å². The Balaban J connectivity index is 2.41. The van der Waals surface area contributed by atoms with Gasteiger partial charge in [-0.05, 0) is 30.2 Å². The summed E-state index contributed by atoms with van der Waals surface area (Å²) in [5.41, 5.74) is 2.18. The Morgan fingerprint density at radius 2 is 1.55 bits per heavy atom. The maximum Gasteiger partial charge on any atom is 0.416 e. The van der Waals surface area contributed by atoms with Crippen LogP contribution in [-0.4, -0.2) is 50.3 Å². The van der Waals surface area contributed by atoms with E-state index in [1.807, 2.05) is 13.8 Å². The molecule has 11 heteroatoms. The highest BCUT2D eigenvalue weighted by Crippen LogP contribution is 2.37. The van der Waals surface area contributed by atoms with Crippen LogP contribution in [0.4, 0.5) is 32.0 Å². The lowest BCUT2D eigenvalue weighted by atomic mass is 9.94. The number of nitrogens with two attached hydrogens (primary N) is 1. The first-order valence-corrected chi connectivity index (χ1v) is 8.95. The lowest BCUT2D eigenvalue weighted by Gasteiger charge is -2.31. The first-order valence-electron chi connectivity index (χ1n) is 8.95. The topological polar surface area (TPSA) is 62.9 Å². The largest absolute Gasteiger partial charge is 0.416 e. The number of aliphatic imine (C=N–C) groups is 1. The van der Waals surface area contributed by atoms with Gasteiger partial charge in [0.25, 0.3) is 0 Å². The smallest absolute Gasteiger partial charge is 0.378 e. The monoisotopic (exact) mass is 426 g/mol. The van der Waals surface area contributed by atoms with Gasteiger partial charge in [-0.2, -0.15) is 26.3 Å². The number of nitrogens with one attached hydrogen (secondary N) is 1. The fourth-order valence-electron chi connectivity index (χ4n) is 2.50. The maximum absolute atomic E-state index is 13.1. The molecule has 1 aliphatic heterocycles. The molecule has 0 saturated carbocycles. The van der Waals surface area contributed by atoms with Crippen molar-refractivity contribution < 1.29 is 31.1 Å². The lowest BCUT2D eigenvalue weighted by molar-refractivity contribution is -0.143. The van der Waals surface area contributed by atoms with E-state index in [2.05, 4.69) is 10.3 Å². The second-order valence-electron chi connectivity index (χ2n) is 7.53. The summed E-state index contributed by atoms with van der Waals surface area (Å²) in [7, 11) is 0. The predicted octanol–water partition coefficient (Wildman–Crippen LogP) is 3.81. The number of hydrogen-bond donors (Lipinski definition) is 2. The van der Waals surface area contributed by atoms with Crippen LogP contribution in [0.15, 0.2) is 23.2 Å². The van der Waals surface area contributed by atoms with Crippen molar-refractivity contribution >= 4 is 11.6 Å². The summed E-state index contributed by atoms with van der Waals surface area (Å²) in [6, 6.07) is 1.37. The third-order valence-electron chi connectivity index (χ3n) is 4.36. The molecule has 1 heterocycles. The highest BCUT2D eigenvalue weighted by atomic mass is 19.4. The van der Waals surface area contributed by atoms with Gasteiger partial charge in [-0.3, -0.25) is 4.99 Å². The molecule has 0 aliphatic carbocycles. The molecule has 0 unspecified atom stereocenters. The van der Waals surface area contributed by atoms with Gasteiger partial charge in [0.15, 0.2) is 5.96 Å². The van der Waals surface area contributed by atoms with Crippen LogP contribution < -0.4 is 11.1 Å². The van der Waals surface area contributed by atoms with E-state index in [4.69, 9.17) is 10.5 Å². The quantitative estimate of drug-likeness (QED) is 0.437. The van der Waals surface area contributed by atoms with Gasteiger partial charge < -0.3 is 20.7 Å². The van der Waals surface area contributed by atoms with Crippen LogP contribution in [-0.2, 0) is 17.1 Å². The summed E-state index contributed by atoms with van der Waals surface area (Å²) in [5, 5.41) is 2.65. The number of benzene rings is 1. The molecule has 0 atom stereocenters.